The van der Waals surface area contributed by atoms with Crippen molar-refractivity contribution in [2.75, 3.05) is 14.2 Å². The third-order valence-electron chi connectivity index (χ3n) is 7.69. The van der Waals surface area contributed by atoms with Crippen LogP contribution >= 0.6 is 15.9 Å². The number of carbonyl (C=O) groups is 2. The van der Waals surface area contributed by atoms with Gasteiger partial charge in [-0.25, -0.2) is 9.97 Å². The van der Waals surface area contributed by atoms with Gasteiger partial charge < -0.3 is 19.4 Å². The summed E-state index contributed by atoms with van der Waals surface area (Å²) < 4.78 is 10.7. The topological polar surface area (TPSA) is 107 Å². The number of rotatable bonds is 6. The second-order valence-corrected chi connectivity index (χ2v) is 11.1. The largest absolute Gasteiger partial charge is 2.00 e. The van der Waals surface area contributed by atoms with Crippen LogP contribution in [0, 0.1) is 13.8 Å². The smallest absolute Gasteiger partial charge is 0.658 e. The molecule has 42 heavy (non-hydrogen) atoms. The fraction of sp³-hybridized carbons (Fsp3) is 0.312. The minimum absolute atomic E-state index is 0. The average molecular weight is 681 g/mol. The molecule has 10 heteroatoms. The van der Waals surface area contributed by atoms with Crippen molar-refractivity contribution in [2.45, 2.75) is 53.4 Å². The SMILES string of the molecule is COC(=O)CCC1=C(C)c2cc3[n-]c(cc4nc(cc5[n-]c(cc1n2)c(CCC(=O)OC)c5C)C(Br)=C4C)cc3C.[Zn+2]. The molecule has 0 atom stereocenters. The van der Waals surface area contributed by atoms with Gasteiger partial charge in [0.1, 0.15) is 0 Å². The van der Waals surface area contributed by atoms with Crippen LogP contribution in [0.15, 0.2) is 30.3 Å². The van der Waals surface area contributed by atoms with Gasteiger partial charge in [-0.1, -0.05) is 41.0 Å². The zero-order chi connectivity index (χ0) is 29.4. The molecule has 2 aliphatic heterocycles. The molecular weight excluding hydrogens is 650 g/mol. The summed E-state index contributed by atoms with van der Waals surface area (Å²) in [7, 11) is 2.78. The number of aryl methyl sites for hydroxylation is 3. The number of allylic oxidation sites excluding steroid dienone is 3. The summed E-state index contributed by atoms with van der Waals surface area (Å²) in [6, 6.07) is 9.93. The molecule has 8 bridgehead atoms. The Morgan fingerprint density at radius 1 is 0.738 bits per heavy atom. The minimum atomic E-state index is -0.286. The number of halogens is 1. The van der Waals surface area contributed by atoms with Gasteiger partial charge in [0.15, 0.2) is 0 Å². The molecular formula is C32H31BrN4O4Zn. The van der Waals surface area contributed by atoms with Crippen LogP contribution in [0.5, 0.6) is 0 Å². The van der Waals surface area contributed by atoms with Gasteiger partial charge in [0.2, 0.25) is 0 Å². The predicted octanol–water partition coefficient (Wildman–Crippen LogP) is 6.46. The third-order valence-corrected chi connectivity index (χ3v) is 8.69. The summed E-state index contributed by atoms with van der Waals surface area (Å²) in [4.78, 5) is 43.9. The first-order chi connectivity index (χ1) is 19.6. The first kappa shape index (κ1) is 31.6. The number of carbonyl (C=O) groups excluding carboxylic acids is 2. The van der Waals surface area contributed by atoms with Crippen molar-refractivity contribution in [1.82, 2.24) is 19.9 Å². The number of ether oxygens (including phenoxy) is 2. The van der Waals surface area contributed by atoms with E-state index in [0.29, 0.717) is 12.8 Å². The van der Waals surface area contributed by atoms with E-state index in [0.717, 1.165) is 82.7 Å². The molecule has 5 heterocycles. The molecule has 0 spiro atoms. The molecule has 0 aliphatic carbocycles. The Hall–Kier alpha value is -3.36. The second-order valence-electron chi connectivity index (χ2n) is 10.3. The molecule has 5 rings (SSSR count). The number of fused-ring (bicyclic) bond motifs is 8. The molecule has 0 saturated heterocycles. The maximum atomic E-state index is 12.1. The molecule has 2 aliphatic rings. The van der Waals surface area contributed by atoms with Crippen LogP contribution in [0.1, 0.15) is 72.6 Å². The Labute approximate surface area is 265 Å². The Balaban J connectivity index is 0.00000405. The summed E-state index contributed by atoms with van der Waals surface area (Å²) in [5, 5.41) is 0. The van der Waals surface area contributed by atoms with E-state index in [1.165, 1.54) is 14.2 Å². The zero-order valence-corrected chi connectivity index (χ0v) is 29.3. The molecule has 0 saturated carbocycles. The minimum Gasteiger partial charge on any atom is -0.658 e. The Morgan fingerprint density at radius 2 is 1.33 bits per heavy atom. The summed E-state index contributed by atoms with van der Waals surface area (Å²) in [6.45, 7) is 8.07. The maximum Gasteiger partial charge on any atom is 2.00 e. The number of methoxy groups -OCH3 is 2. The summed E-state index contributed by atoms with van der Waals surface area (Å²) >= 11 is 3.73. The number of aromatic nitrogens is 4. The molecule has 0 amide bonds. The summed E-state index contributed by atoms with van der Waals surface area (Å²) in [6.07, 6.45) is 1.40. The van der Waals surface area contributed by atoms with Crippen molar-refractivity contribution in [3.8, 4) is 0 Å². The average Bonchev–Trinajstić information content (AvgIpc) is 3.62. The van der Waals surface area contributed by atoms with Crippen LogP contribution in [-0.4, -0.2) is 36.1 Å². The van der Waals surface area contributed by atoms with E-state index in [1.54, 1.807) is 0 Å². The fourth-order valence-corrected chi connectivity index (χ4v) is 5.58. The molecule has 0 radical (unpaired) electrons. The molecule has 0 unspecified atom stereocenters. The molecule has 212 valence electrons. The normalized spacial score (nSPS) is 12.8. The second kappa shape index (κ2) is 12.9. The maximum absolute atomic E-state index is 12.1. The van der Waals surface area contributed by atoms with E-state index in [-0.39, 0.29) is 44.3 Å². The number of nitrogens with zero attached hydrogens (tertiary/aromatic N) is 4. The predicted molar refractivity (Wildman–Crippen MR) is 164 cm³/mol. The first-order valence-electron chi connectivity index (χ1n) is 13.4. The van der Waals surface area contributed by atoms with Crippen molar-refractivity contribution in [3.05, 3.63) is 69.8 Å². The van der Waals surface area contributed by atoms with Crippen LogP contribution in [0.25, 0.3) is 43.3 Å². The number of hydrogen-bond donors (Lipinski definition) is 0. The van der Waals surface area contributed by atoms with Crippen molar-refractivity contribution < 1.29 is 38.5 Å². The van der Waals surface area contributed by atoms with E-state index in [4.69, 9.17) is 29.4 Å². The van der Waals surface area contributed by atoms with Crippen LogP contribution in [-0.2, 0) is 45.0 Å². The van der Waals surface area contributed by atoms with Gasteiger partial charge in [-0.15, -0.1) is 22.1 Å². The molecule has 0 N–H and O–H groups in total. The first-order valence-corrected chi connectivity index (χ1v) is 14.2. The van der Waals surface area contributed by atoms with Gasteiger partial charge >= 0.3 is 31.4 Å². The van der Waals surface area contributed by atoms with Gasteiger partial charge in [0.25, 0.3) is 0 Å². The van der Waals surface area contributed by atoms with E-state index in [9.17, 15) is 9.59 Å². The van der Waals surface area contributed by atoms with Gasteiger partial charge in [-0.3, -0.25) is 9.59 Å². The van der Waals surface area contributed by atoms with Crippen molar-refractivity contribution >= 4 is 71.1 Å². The zero-order valence-electron chi connectivity index (χ0n) is 24.7. The van der Waals surface area contributed by atoms with E-state index in [1.807, 2.05) is 58.0 Å². The van der Waals surface area contributed by atoms with Crippen LogP contribution < -0.4 is 9.97 Å². The van der Waals surface area contributed by atoms with E-state index >= 15 is 0 Å². The van der Waals surface area contributed by atoms with E-state index in [2.05, 4.69) is 15.9 Å². The molecule has 3 aromatic heterocycles. The standard InChI is InChI=1S/C32H31BrN4O4.Zn/c1-16-11-20-12-24-19(4)32(33)29(37-24)14-26-18(3)22(8-10-31(39)41-6)28(36-26)15-27-21(7-9-30(38)40-5)17(2)25(35-27)13-23(16)34-20;/h11-15H,7-10H2,1-6H3;/q-2;+2. The quantitative estimate of drug-likeness (QED) is 0.216. The van der Waals surface area contributed by atoms with Gasteiger partial charge in [0, 0.05) is 17.3 Å². The fourth-order valence-electron chi connectivity index (χ4n) is 5.17. The molecule has 8 nitrogen and oxygen atoms in total. The Kier molecular flexibility index (Phi) is 9.68. The van der Waals surface area contributed by atoms with Crippen molar-refractivity contribution in [1.29, 1.82) is 0 Å². The monoisotopic (exact) mass is 678 g/mol. The van der Waals surface area contributed by atoms with Gasteiger partial charge in [-0.2, -0.15) is 0 Å². The third kappa shape index (κ3) is 6.20. The Bertz CT molecular complexity index is 1820. The van der Waals surface area contributed by atoms with Crippen molar-refractivity contribution in [3.63, 3.8) is 0 Å². The molecule has 0 fully saturated rings. The molecule has 3 aromatic rings. The van der Waals surface area contributed by atoms with Crippen LogP contribution in [0.2, 0.25) is 0 Å². The van der Waals surface area contributed by atoms with Crippen molar-refractivity contribution in [2.24, 2.45) is 0 Å². The van der Waals surface area contributed by atoms with E-state index < -0.39 is 0 Å². The number of esters is 2. The number of hydrogen-bond acceptors (Lipinski definition) is 6. The Morgan fingerprint density at radius 3 is 2.02 bits per heavy atom. The van der Waals surface area contributed by atoms with Gasteiger partial charge in [-0.05, 0) is 79.3 Å². The van der Waals surface area contributed by atoms with Gasteiger partial charge in [0.05, 0.1) is 37.0 Å². The molecule has 0 aromatic carbocycles. The van der Waals surface area contributed by atoms with Crippen LogP contribution in [0.3, 0.4) is 0 Å². The summed E-state index contributed by atoms with van der Waals surface area (Å²) in [5.41, 5.74) is 12.1. The summed E-state index contributed by atoms with van der Waals surface area (Å²) in [5.74, 6) is -0.569. The van der Waals surface area contributed by atoms with Crippen LogP contribution in [0.4, 0.5) is 0 Å².